The van der Waals surface area contributed by atoms with Gasteiger partial charge in [0.1, 0.15) is 6.61 Å². The van der Waals surface area contributed by atoms with Gasteiger partial charge in [0.15, 0.2) is 0 Å². The summed E-state index contributed by atoms with van der Waals surface area (Å²) < 4.78 is 11.3. The number of benzene rings is 2. The molecule has 0 saturated carbocycles. The summed E-state index contributed by atoms with van der Waals surface area (Å²) in [4.78, 5) is 11.7. The van der Waals surface area contributed by atoms with Gasteiger partial charge in [0, 0.05) is 4.47 Å². The molecular weight excluding hydrogens is 398 g/mol. The van der Waals surface area contributed by atoms with E-state index < -0.39 is 6.09 Å². The molecule has 3 rings (SSSR count). The highest BCUT2D eigenvalue weighted by Gasteiger charge is 2.14. The summed E-state index contributed by atoms with van der Waals surface area (Å²) >= 11 is 9.45. The van der Waals surface area contributed by atoms with Crippen LogP contribution in [0.2, 0.25) is 5.02 Å². The average Bonchev–Trinajstić information content (AvgIpc) is 3.02. The number of nitrogens with zero attached hydrogens (tertiary/aromatic N) is 2. The summed E-state index contributed by atoms with van der Waals surface area (Å²) in [6.45, 7) is 0.145. The zero-order chi connectivity index (χ0) is 16.9. The van der Waals surface area contributed by atoms with Crippen molar-refractivity contribution >= 4 is 39.6 Å². The van der Waals surface area contributed by atoms with Crippen LogP contribution in [0, 0.1) is 0 Å². The van der Waals surface area contributed by atoms with Crippen LogP contribution in [0.4, 0.5) is 10.8 Å². The number of aromatic nitrogens is 2. The fraction of sp³-hybridized carbons (Fsp3) is 0.0625. The highest BCUT2D eigenvalue weighted by Crippen LogP contribution is 2.30. The molecule has 122 valence electrons. The van der Waals surface area contributed by atoms with Crippen molar-refractivity contribution in [3.63, 3.8) is 0 Å². The molecule has 0 aliphatic rings. The van der Waals surface area contributed by atoms with Crippen molar-refractivity contribution in [3.8, 4) is 11.5 Å². The Kier molecular flexibility index (Phi) is 5.12. The Morgan fingerprint density at radius 1 is 1.21 bits per heavy atom. The van der Waals surface area contributed by atoms with E-state index in [9.17, 15) is 4.79 Å². The molecule has 2 aromatic carbocycles. The lowest BCUT2D eigenvalue weighted by Gasteiger charge is -2.04. The Bertz CT molecular complexity index is 855. The van der Waals surface area contributed by atoms with E-state index in [1.54, 1.807) is 18.2 Å². The summed E-state index contributed by atoms with van der Waals surface area (Å²) in [6.07, 6.45) is -0.684. The van der Waals surface area contributed by atoms with Crippen LogP contribution in [-0.2, 0) is 11.3 Å². The van der Waals surface area contributed by atoms with Gasteiger partial charge in [-0.25, -0.2) is 10.1 Å². The monoisotopic (exact) mass is 407 g/mol. The highest BCUT2D eigenvalue weighted by atomic mass is 79.9. The summed E-state index contributed by atoms with van der Waals surface area (Å²) in [5, 5.41) is 10.4. The van der Waals surface area contributed by atoms with Crippen molar-refractivity contribution in [2.45, 2.75) is 6.61 Å². The number of carbonyl (C=O) groups is 1. The molecule has 0 unspecified atom stereocenters. The first-order valence-electron chi connectivity index (χ1n) is 6.88. The minimum atomic E-state index is -0.684. The first kappa shape index (κ1) is 16.5. The van der Waals surface area contributed by atoms with Crippen LogP contribution >= 0.6 is 27.5 Å². The number of nitrogens with one attached hydrogen (secondary N) is 1. The summed E-state index contributed by atoms with van der Waals surface area (Å²) in [6, 6.07) is 14.5. The molecule has 1 amide bonds. The maximum atomic E-state index is 11.7. The standard InChI is InChI=1S/C16H11BrClN3O3/c17-11-6-7-12(13(18)8-11)14-20-21-15(24-14)19-16(22)23-9-10-4-2-1-3-5-10/h1-8H,9H2,(H,19,21,22). The lowest BCUT2D eigenvalue weighted by atomic mass is 10.2. The number of anilines is 1. The number of rotatable bonds is 4. The van der Waals surface area contributed by atoms with Gasteiger partial charge in [-0.15, -0.1) is 5.10 Å². The Balaban J connectivity index is 1.62. The number of halogens is 2. The molecule has 6 nitrogen and oxygen atoms in total. The SMILES string of the molecule is O=C(Nc1nnc(-c2ccc(Br)cc2Cl)o1)OCc1ccccc1. The molecule has 0 atom stereocenters. The predicted molar refractivity (Wildman–Crippen MR) is 92.7 cm³/mol. The van der Waals surface area contributed by atoms with Crippen molar-refractivity contribution in [1.82, 2.24) is 10.2 Å². The molecule has 1 aromatic heterocycles. The maximum absolute atomic E-state index is 11.7. The van der Waals surface area contributed by atoms with Crippen LogP contribution in [0.5, 0.6) is 0 Å². The normalized spacial score (nSPS) is 10.4. The summed E-state index contributed by atoms with van der Waals surface area (Å²) in [5.74, 6) is 0.200. The van der Waals surface area contributed by atoms with Crippen molar-refractivity contribution < 1.29 is 13.9 Å². The van der Waals surface area contributed by atoms with Gasteiger partial charge in [-0.1, -0.05) is 63.0 Å². The number of hydrogen-bond acceptors (Lipinski definition) is 5. The quantitative estimate of drug-likeness (QED) is 0.664. The Morgan fingerprint density at radius 3 is 2.75 bits per heavy atom. The summed E-state index contributed by atoms with van der Waals surface area (Å²) in [5.41, 5.74) is 1.44. The molecule has 24 heavy (non-hydrogen) atoms. The number of ether oxygens (including phenoxy) is 1. The van der Waals surface area contributed by atoms with Gasteiger partial charge >= 0.3 is 12.1 Å². The molecule has 0 spiro atoms. The van der Waals surface area contributed by atoms with Gasteiger partial charge in [0.25, 0.3) is 5.89 Å². The van der Waals surface area contributed by atoms with Crippen LogP contribution in [0.1, 0.15) is 5.56 Å². The second kappa shape index (κ2) is 7.46. The van der Waals surface area contributed by atoms with Crippen molar-refractivity contribution in [3.05, 3.63) is 63.6 Å². The third kappa shape index (κ3) is 4.12. The third-order valence-corrected chi connectivity index (χ3v) is 3.81. The first-order chi connectivity index (χ1) is 11.6. The zero-order valence-corrected chi connectivity index (χ0v) is 14.5. The van der Waals surface area contributed by atoms with E-state index in [-0.39, 0.29) is 18.5 Å². The first-order valence-corrected chi connectivity index (χ1v) is 8.05. The molecule has 1 heterocycles. The van der Waals surface area contributed by atoms with Gasteiger partial charge < -0.3 is 9.15 Å². The lowest BCUT2D eigenvalue weighted by Crippen LogP contribution is -2.13. The van der Waals surface area contributed by atoms with E-state index in [2.05, 4.69) is 31.4 Å². The Labute approximate surface area is 150 Å². The molecule has 1 N–H and O–H groups in total. The van der Waals surface area contributed by atoms with Crippen LogP contribution in [-0.4, -0.2) is 16.3 Å². The van der Waals surface area contributed by atoms with E-state index in [4.69, 9.17) is 20.8 Å². The largest absolute Gasteiger partial charge is 0.444 e. The van der Waals surface area contributed by atoms with Crippen molar-refractivity contribution in [2.24, 2.45) is 0 Å². The second-order valence-corrected chi connectivity index (χ2v) is 6.05. The molecule has 0 aliphatic carbocycles. The van der Waals surface area contributed by atoms with E-state index in [1.807, 2.05) is 30.3 Å². The summed E-state index contributed by atoms with van der Waals surface area (Å²) in [7, 11) is 0. The predicted octanol–water partition coefficient (Wildman–Crippen LogP) is 4.90. The van der Waals surface area contributed by atoms with Crippen molar-refractivity contribution in [1.29, 1.82) is 0 Å². The number of hydrogen-bond donors (Lipinski definition) is 1. The fourth-order valence-corrected chi connectivity index (χ4v) is 2.65. The molecule has 0 aliphatic heterocycles. The van der Waals surface area contributed by atoms with Gasteiger partial charge in [0.05, 0.1) is 10.6 Å². The van der Waals surface area contributed by atoms with Gasteiger partial charge in [0.2, 0.25) is 0 Å². The topological polar surface area (TPSA) is 77.3 Å². The second-order valence-electron chi connectivity index (χ2n) is 4.72. The minimum Gasteiger partial charge on any atom is -0.444 e. The van der Waals surface area contributed by atoms with Gasteiger partial charge in [-0.05, 0) is 23.8 Å². The van der Waals surface area contributed by atoms with Crippen LogP contribution in [0.3, 0.4) is 0 Å². The van der Waals surface area contributed by atoms with Gasteiger partial charge in [-0.3, -0.25) is 0 Å². The molecule has 0 fully saturated rings. The molecule has 0 bridgehead atoms. The zero-order valence-electron chi connectivity index (χ0n) is 12.2. The van der Waals surface area contributed by atoms with Crippen LogP contribution < -0.4 is 5.32 Å². The highest BCUT2D eigenvalue weighted by molar-refractivity contribution is 9.10. The molecule has 0 saturated heterocycles. The molecule has 0 radical (unpaired) electrons. The van der Waals surface area contributed by atoms with Crippen LogP contribution in [0.15, 0.2) is 57.4 Å². The Morgan fingerprint density at radius 2 is 2.00 bits per heavy atom. The molecule has 3 aromatic rings. The van der Waals surface area contributed by atoms with Gasteiger partial charge in [-0.2, -0.15) is 0 Å². The van der Waals surface area contributed by atoms with E-state index >= 15 is 0 Å². The van der Waals surface area contributed by atoms with Crippen molar-refractivity contribution in [2.75, 3.05) is 5.32 Å². The molecular formula is C16H11BrClN3O3. The maximum Gasteiger partial charge on any atom is 0.415 e. The smallest absolute Gasteiger partial charge is 0.415 e. The number of carbonyl (C=O) groups excluding carboxylic acids is 1. The number of amides is 1. The average molecular weight is 409 g/mol. The van der Waals surface area contributed by atoms with E-state index in [0.717, 1.165) is 10.0 Å². The van der Waals surface area contributed by atoms with Crippen LogP contribution in [0.25, 0.3) is 11.5 Å². The van der Waals surface area contributed by atoms with E-state index in [0.29, 0.717) is 10.6 Å². The fourth-order valence-electron chi connectivity index (χ4n) is 1.89. The Hall–Kier alpha value is -2.38. The lowest BCUT2D eigenvalue weighted by molar-refractivity contribution is 0.154. The minimum absolute atomic E-state index is 0.0675. The third-order valence-electron chi connectivity index (χ3n) is 3.01. The van der Waals surface area contributed by atoms with E-state index in [1.165, 1.54) is 0 Å². The molecule has 8 heteroatoms.